The summed E-state index contributed by atoms with van der Waals surface area (Å²) in [4.78, 5) is 17.3. The van der Waals surface area contributed by atoms with Crippen LogP contribution in [0.25, 0.3) is 22.7 Å². The molecule has 138 valence electrons. The second-order valence-corrected chi connectivity index (χ2v) is 6.11. The van der Waals surface area contributed by atoms with Gasteiger partial charge in [-0.15, -0.1) is 0 Å². The van der Waals surface area contributed by atoms with Crippen molar-refractivity contribution in [2.75, 3.05) is 12.4 Å². The molecule has 0 radical (unpaired) electrons. The summed E-state index contributed by atoms with van der Waals surface area (Å²) in [6.45, 7) is 0. The first-order chi connectivity index (χ1) is 13.7. The summed E-state index contributed by atoms with van der Waals surface area (Å²) in [7, 11) is 1.58. The number of ether oxygens (including phenoxy) is 1. The Morgan fingerprint density at radius 3 is 2.07 bits per heavy atom. The zero-order valence-corrected chi connectivity index (χ0v) is 15.3. The summed E-state index contributed by atoms with van der Waals surface area (Å²) < 4.78 is 11.1. The summed E-state index contributed by atoms with van der Waals surface area (Å²) >= 11 is 0. The second-order valence-electron chi connectivity index (χ2n) is 6.11. The van der Waals surface area contributed by atoms with Gasteiger partial charge < -0.3 is 9.15 Å². The van der Waals surface area contributed by atoms with Crippen molar-refractivity contribution in [3.8, 4) is 28.5 Å². The molecule has 0 spiro atoms. The van der Waals surface area contributed by atoms with Crippen LogP contribution in [0.5, 0.6) is 5.75 Å². The fraction of sp³-hybridized carbons (Fsp3) is 0.0435. The van der Waals surface area contributed by atoms with Gasteiger partial charge in [0.1, 0.15) is 11.4 Å². The zero-order valence-electron chi connectivity index (χ0n) is 15.3. The van der Waals surface area contributed by atoms with E-state index in [4.69, 9.17) is 9.15 Å². The van der Waals surface area contributed by atoms with Crippen molar-refractivity contribution in [3.63, 3.8) is 0 Å². The number of benzene rings is 3. The highest BCUT2D eigenvalue weighted by Gasteiger charge is 2.19. The van der Waals surface area contributed by atoms with E-state index in [-0.39, 0.29) is 5.91 Å². The molecule has 0 aliphatic carbocycles. The van der Waals surface area contributed by atoms with E-state index >= 15 is 0 Å². The van der Waals surface area contributed by atoms with E-state index in [1.807, 2.05) is 60.7 Å². The Morgan fingerprint density at radius 2 is 1.46 bits per heavy atom. The number of amides is 1. The van der Waals surface area contributed by atoms with Gasteiger partial charge >= 0.3 is 0 Å². The van der Waals surface area contributed by atoms with Gasteiger partial charge in [0, 0.05) is 16.7 Å². The van der Waals surface area contributed by atoms with Crippen molar-refractivity contribution in [1.82, 2.24) is 4.98 Å². The van der Waals surface area contributed by atoms with Crippen LogP contribution in [0, 0.1) is 0 Å². The van der Waals surface area contributed by atoms with Crippen LogP contribution < -0.4 is 10.1 Å². The minimum Gasteiger partial charge on any atom is -0.497 e. The van der Waals surface area contributed by atoms with Crippen LogP contribution >= 0.6 is 0 Å². The van der Waals surface area contributed by atoms with Crippen LogP contribution in [-0.4, -0.2) is 18.0 Å². The third-order valence-electron chi connectivity index (χ3n) is 4.27. The smallest absolute Gasteiger partial charge is 0.258 e. The Balaban J connectivity index is 1.70. The number of anilines is 1. The highest BCUT2D eigenvalue weighted by Crippen LogP contribution is 2.33. The van der Waals surface area contributed by atoms with E-state index in [0.29, 0.717) is 28.8 Å². The van der Waals surface area contributed by atoms with Crippen LogP contribution in [-0.2, 0) is 0 Å². The standard InChI is InChI=1S/C23H18N2O3/c1-27-19-14-12-17(13-15-19)21(26)25-23-20(16-8-4-2-5-9-16)24-22(28-23)18-10-6-3-7-11-18/h2-15H,1H3,(H,25,26). The maximum absolute atomic E-state index is 12.7. The molecule has 0 fully saturated rings. The highest BCUT2D eigenvalue weighted by molar-refractivity contribution is 6.05. The number of hydrogen-bond acceptors (Lipinski definition) is 4. The first kappa shape index (κ1) is 17.5. The van der Waals surface area contributed by atoms with Crippen LogP contribution in [0.2, 0.25) is 0 Å². The quantitative estimate of drug-likeness (QED) is 0.520. The number of methoxy groups -OCH3 is 1. The molecule has 1 aromatic heterocycles. The summed E-state index contributed by atoms with van der Waals surface area (Å²) in [5.41, 5.74) is 2.78. The molecule has 1 N–H and O–H groups in total. The fourth-order valence-electron chi connectivity index (χ4n) is 2.82. The molecule has 28 heavy (non-hydrogen) atoms. The molecule has 0 atom stereocenters. The van der Waals surface area contributed by atoms with E-state index in [1.165, 1.54) is 0 Å². The molecular formula is C23H18N2O3. The van der Waals surface area contributed by atoms with Crippen LogP contribution in [0.3, 0.4) is 0 Å². The lowest BCUT2D eigenvalue weighted by Crippen LogP contribution is -2.11. The van der Waals surface area contributed by atoms with E-state index in [2.05, 4.69) is 10.3 Å². The predicted molar refractivity (Wildman–Crippen MR) is 108 cm³/mol. The molecule has 1 heterocycles. The minimum absolute atomic E-state index is 0.282. The lowest BCUT2D eigenvalue weighted by molar-refractivity contribution is 0.102. The SMILES string of the molecule is COc1ccc(C(=O)Nc2oc(-c3ccccc3)nc2-c2ccccc2)cc1. The van der Waals surface area contributed by atoms with Crippen molar-refractivity contribution in [3.05, 3.63) is 90.5 Å². The molecule has 4 aromatic rings. The van der Waals surface area contributed by atoms with Gasteiger partial charge in [-0.1, -0.05) is 48.5 Å². The average Bonchev–Trinajstić information content (AvgIpc) is 3.19. The summed E-state index contributed by atoms with van der Waals surface area (Å²) in [5.74, 6) is 1.17. The number of nitrogens with zero attached hydrogens (tertiary/aromatic N) is 1. The first-order valence-electron chi connectivity index (χ1n) is 8.81. The van der Waals surface area contributed by atoms with Crippen LogP contribution in [0.1, 0.15) is 10.4 Å². The normalized spacial score (nSPS) is 10.5. The summed E-state index contributed by atoms with van der Waals surface area (Å²) in [6, 6.07) is 26.1. The number of nitrogens with one attached hydrogen (secondary N) is 1. The van der Waals surface area contributed by atoms with Crippen molar-refractivity contribution >= 4 is 11.8 Å². The van der Waals surface area contributed by atoms with Crippen molar-refractivity contribution < 1.29 is 13.9 Å². The zero-order chi connectivity index (χ0) is 19.3. The molecule has 0 unspecified atom stereocenters. The minimum atomic E-state index is -0.282. The lowest BCUT2D eigenvalue weighted by Gasteiger charge is -2.05. The van der Waals surface area contributed by atoms with Crippen LogP contribution in [0.4, 0.5) is 5.88 Å². The predicted octanol–water partition coefficient (Wildman–Crippen LogP) is 5.27. The number of carbonyl (C=O) groups is 1. The van der Waals surface area contributed by atoms with E-state index in [1.54, 1.807) is 31.4 Å². The van der Waals surface area contributed by atoms with Gasteiger partial charge in [0.25, 0.3) is 5.91 Å². The van der Waals surface area contributed by atoms with Crippen molar-refractivity contribution in [2.24, 2.45) is 0 Å². The Bertz CT molecular complexity index is 1070. The molecule has 0 saturated carbocycles. The van der Waals surface area contributed by atoms with Gasteiger partial charge in [0.2, 0.25) is 11.8 Å². The number of hydrogen-bond donors (Lipinski definition) is 1. The maximum Gasteiger partial charge on any atom is 0.258 e. The summed E-state index contributed by atoms with van der Waals surface area (Å²) in [5, 5.41) is 2.84. The molecule has 4 rings (SSSR count). The number of aromatic nitrogens is 1. The maximum atomic E-state index is 12.7. The second kappa shape index (κ2) is 7.80. The number of rotatable bonds is 5. The first-order valence-corrected chi connectivity index (χ1v) is 8.81. The largest absolute Gasteiger partial charge is 0.497 e. The molecule has 0 aliphatic heterocycles. The van der Waals surface area contributed by atoms with E-state index in [0.717, 1.165) is 11.1 Å². The Kier molecular flexibility index (Phi) is 4.89. The lowest BCUT2D eigenvalue weighted by atomic mass is 10.1. The van der Waals surface area contributed by atoms with Gasteiger partial charge in [0.15, 0.2) is 0 Å². The molecule has 0 aliphatic rings. The molecular weight excluding hydrogens is 352 g/mol. The third-order valence-corrected chi connectivity index (χ3v) is 4.27. The molecule has 0 saturated heterocycles. The van der Waals surface area contributed by atoms with E-state index in [9.17, 15) is 4.79 Å². The molecule has 5 nitrogen and oxygen atoms in total. The topological polar surface area (TPSA) is 64.4 Å². The molecule has 5 heteroatoms. The Hall–Kier alpha value is -3.86. The van der Waals surface area contributed by atoms with Crippen molar-refractivity contribution in [1.29, 1.82) is 0 Å². The van der Waals surface area contributed by atoms with E-state index < -0.39 is 0 Å². The van der Waals surface area contributed by atoms with Gasteiger partial charge in [-0.2, -0.15) is 0 Å². The number of oxazole rings is 1. The molecule has 0 bridgehead atoms. The van der Waals surface area contributed by atoms with Gasteiger partial charge in [-0.3, -0.25) is 10.1 Å². The average molecular weight is 370 g/mol. The molecule has 3 aromatic carbocycles. The van der Waals surface area contributed by atoms with Gasteiger partial charge in [-0.25, -0.2) is 4.98 Å². The van der Waals surface area contributed by atoms with Crippen LogP contribution in [0.15, 0.2) is 89.3 Å². The van der Waals surface area contributed by atoms with Gasteiger partial charge in [-0.05, 0) is 36.4 Å². The highest BCUT2D eigenvalue weighted by atomic mass is 16.5. The monoisotopic (exact) mass is 370 g/mol. The Morgan fingerprint density at radius 1 is 0.857 bits per heavy atom. The molecule has 1 amide bonds. The van der Waals surface area contributed by atoms with Crippen molar-refractivity contribution in [2.45, 2.75) is 0 Å². The third kappa shape index (κ3) is 3.64. The fourth-order valence-corrected chi connectivity index (χ4v) is 2.82. The Labute approximate surface area is 162 Å². The summed E-state index contributed by atoms with van der Waals surface area (Å²) in [6.07, 6.45) is 0. The van der Waals surface area contributed by atoms with Gasteiger partial charge in [0.05, 0.1) is 7.11 Å². The number of carbonyl (C=O) groups excluding carboxylic acids is 1.